The normalized spacial score (nSPS) is 19.1. The van der Waals surface area contributed by atoms with Gasteiger partial charge in [0.2, 0.25) is 12.1 Å². The number of nitrogens with one attached hydrogen (secondary N) is 1. The van der Waals surface area contributed by atoms with Crippen LogP contribution in [0.1, 0.15) is 24.8 Å². The molecule has 1 aromatic carbocycles. The number of alkyl halides is 3. The van der Waals surface area contributed by atoms with Crippen molar-refractivity contribution in [3.8, 4) is 0 Å². The summed E-state index contributed by atoms with van der Waals surface area (Å²) in [6.45, 7) is -1.21. The minimum Gasteiger partial charge on any atom is -0.292 e. The molecule has 20 heavy (non-hydrogen) atoms. The van der Waals surface area contributed by atoms with Crippen molar-refractivity contribution < 1.29 is 18.1 Å². The molecule has 110 valence electrons. The second-order valence-electron chi connectivity index (χ2n) is 5.03. The van der Waals surface area contributed by atoms with Gasteiger partial charge in [0.05, 0.1) is 0 Å². The number of benzene rings is 1. The molecule has 1 fully saturated rings. The number of nitro groups is 1. The molecule has 1 N–H and O–H groups in total. The summed E-state index contributed by atoms with van der Waals surface area (Å²) in [5.74, 6) is 0. The highest BCUT2D eigenvalue weighted by molar-refractivity contribution is 5.27. The van der Waals surface area contributed by atoms with Gasteiger partial charge in [-0.15, -0.1) is 0 Å². The summed E-state index contributed by atoms with van der Waals surface area (Å²) in [7, 11) is 0. The SMILES string of the molecule is O=[N+]([O-])C[C@](NC1CCC1)(c1ccccc1)C(F)(F)F. The summed E-state index contributed by atoms with van der Waals surface area (Å²) >= 11 is 0. The Morgan fingerprint density at radius 3 is 2.25 bits per heavy atom. The molecule has 1 saturated carbocycles. The van der Waals surface area contributed by atoms with E-state index >= 15 is 0 Å². The van der Waals surface area contributed by atoms with Gasteiger partial charge in [-0.2, -0.15) is 13.2 Å². The van der Waals surface area contributed by atoms with Gasteiger partial charge in [-0.05, 0) is 18.4 Å². The molecule has 1 aliphatic rings. The van der Waals surface area contributed by atoms with Gasteiger partial charge in [-0.3, -0.25) is 15.4 Å². The highest BCUT2D eigenvalue weighted by atomic mass is 19.4. The molecular formula is C13H15F3N2O2. The third-order valence-corrected chi connectivity index (χ3v) is 3.67. The molecule has 0 unspecified atom stereocenters. The van der Waals surface area contributed by atoms with Crippen molar-refractivity contribution in [1.29, 1.82) is 0 Å². The predicted octanol–water partition coefficient (Wildman–Crippen LogP) is 2.86. The van der Waals surface area contributed by atoms with Crippen LogP contribution < -0.4 is 5.32 Å². The first-order valence-electron chi connectivity index (χ1n) is 6.37. The Morgan fingerprint density at radius 2 is 1.85 bits per heavy atom. The number of hydrogen-bond donors (Lipinski definition) is 1. The maximum atomic E-state index is 13.6. The van der Waals surface area contributed by atoms with Gasteiger partial charge in [0.25, 0.3) is 0 Å². The van der Waals surface area contributed by atoms with Crippen molar-refractivity contribution in [2.24, 2.45) is 0 Å². The van der Waals surface area contributed by atoms with Crippen molar-refractivity contribution >= 4 is 0 Å². The largest absolute Gasteiger partial charge is 0.417 e. The van der Waals surface area contributed by atoms with Crippen LogP contribution in [0.2, 0.25) is 0 Å². The fraction of sp³-hybridized carbons (Fsp3) is 0.538. The maximum Gasteiger partial charge on any atom is 0.417 e. The van der Waals surface area contributed by atoms with E-state index in [2.05, 4.69) is 5.32 Å². The molecule has 7 heteroatoms. The van der Waals surface area contributed by atoms with Gasteiger partial charge in [0.1, 0.15) is 0 Å². The molecule has 0 heterocycles. The second kappa shape index (κ2) is 5.40. The molecule has 0 aliphatic heterocycles. The van der Waals surface area contributed by atoms with E-state index in [4.69, 9.17) is 0 Å². The Balaban J connectivity index is 2.44. The summed E-state index contributed by atoms with van der Waals surface area (Å²) in [6, 6.07) is 6.74. The van der Waals surface area contributed by atoms with E-state index in [1.807, 2.05) is 0 Å². The summed E-state index contributed by atoms with van der Waals surface area (Å²) in [5.41, 5.74) is -2.74. The van der Waals surface area contributed by atoms with Crippen molar-refractivity contribution in [1.82, 2.24) is 5.32 Å². The number of nitrogens with zero attached hydrogens (tertiary/aromatic N) is 1. The van der Waals surface area contributed by atoms with Gasteiger partial charge in [-0.1, -0.05) is 36.8 Å². The Bertz CT molecular complexity index is 474. The Kier molecular flexibility index (Phi) is 3.99. The van der Waals surface area contributed by atoms with Crippen LogP contribution in [-0.4, -0.2) is 23.7 Å². The maximum absolute atomic E-state index is 13.6. The van der Waals surface area contributed by atoms with Crippen molar-refractivity contribution in [3.63, 3.8) is 0 Å². The van der Waals surface area contributed by atoms with Crippen molar-refractivity contribution in [2.75, 3.05) is 6.54 Å². The minimum absolute atomic E-state index is 0.115. The highest BCUT2D eigenvalue weighted by Gasteiger charge is 2.60. The molecule has 0 radical (unpaired) electrons. The van der Waals surface area contributed by atoms with Crippen molar-refractivity contribution in [2.45, 2.75) is 37.0 Å². The lowest BCUT2D eigenvalue weighted by Crippen LogP contribution is -2.62. The summed E-state index contributed by atoms with van der Waals surface area (Å²) < 4.78 is 40.7. The first-order valence-corrected chi connectivity index (χ1v) is 6.37. The summed E-state index contributed by atoms with van der Waals surface area (Å²) in [5, 5.41) is 13.3. The first-order chi connectivity index (χ1) is 9.35. The molecule has 0 spiro atoms. The van der Waals surface area contributed by atoms with Crippen LogP contribution in [0.15, 0.2) is 30.3 Å². The monoisotopic (exact) mass is 288 g/mol. The van der Waals surface area contributed by atoms with Crippen LogP contribution in [0.25, 0.3) is 0 Å². The van der Waals surface area contributed by atoms with Crippen LogP contribution in [0.5, 0.6) is 0 Å². The molecule has 4 nitrogen and oxygen atoms in total. The van der Waals surface area contributed by atoms with Crippen LogP contribution in [0, 0.1) is 10.1 Å². The average molecular weight is 288 g/mol. The average Bonchev–Trinajstić information content (AvgIpc) is 2.31. The lowest BCUT2D eigenvalue weighted by Gasteiger charge is -2.40. The highest BCUT2D eigenvalue weighted by Crippen LogP contribution is 2.41. The van der Waals surface area contributed by atoms with Gasteiger partial charge < -0.3 is 0 Å². The van der Waals surface area contributed by atoms with E-state index in [1.165, 1.54) is 24.3 Å². The molecule has 1 aliphatic carbocycles. The summed E-state index contributed by atoms with van der Waals surface area (Å²) in [4.78, 5) is 9.88. The minimum atomic E-state index is -4.74. The topological polar surface area (TPSA) is 55.2 Å². The third kappa shape index (κ3) is 2.77. The fourth-order valence-electron chi connectivity index (χ4n) is 2.37. The molecule has 1 aromatic rings. The quantitative estimate of drug-likeness (QED) is 0.669. The van der Waals surface area contributed by atoms with E-state index in [1.54, 1.807) is 6.07 Å². The smallest absolute Gasteiger partial charge is 0.292 e. The van der Waals surface area contributed by atoms with Crippen LogP contribution in [0.3, 0.4) is 0 Å². The Morgan fingerprint density at radius 1 is 1.25 bits per heavy atom. The zero-order valence-corrected chi connectivity index (χ0v) is 10.7. The molecular weight excluding hydrogens is 273 g/mol. The molecule has 1 atom stereocenters. The van der Waals surface area contributed by atoms with E-state index in [0.717, 1.165) is 6.42 Å². The van der Waals surface area contributed by atoms with Crippen LogP contribution in [0.4, 0.5) is 13.2 Å². The zero-order chi connectivity index (χ0) is 14.8. The van der Waals surface area contributed by atoms with E-state index in [-0.39, 0.29) is 11.6 Å². The molecule has 0 bridgehead atoms. The number of halogens is 3. The third-order valence-electron chi connectivity index (χ3n) is 3.67. The fourth-order valence-corrected chi connectivity index (χ4v) is 2.37. The summed E-state index contributed by atoms with van der Waals surface area (Å²) in [6.07, 6.45) is -2.67. The van der Waals surface area contributed by atoms with E-state index in [9.17, 15) is 23.3 Å². The number of rotatable bonds is 5. The number of hydrogen-bond acceptors (Lipinski definition) is 3. The first kappa shape index (κ1) is 14.8. The molecule has 0 amide bonds. The molecule has 0 aromatic heterocycles. The van der Waals surface area contributed by atoms with Crippen LogP contribution in [-0.2, 0) is 5.54 Å². The standard InChI is InChI=1S/C13H15F3N2O2/c14-13(15,16)12(9-18(19)20,17-11-7-4-8-11)10-5-2-1-3-6-10/h1-3,5-6,11,17H,4,7-9H2/t12-/m0/s1. The van der Waals surface area contributed by atoms with Gasteiger partial charge >= 0.3 is 6.18 Å². The van der Waals surface area contributed by atoms with Crippen LogP contribution >= 0.6 is 0 Å². The van der Waals surface area contributed by atoms with Gasteiger partial charge in [-0.25, -0.2) is 0 Å². The van der Waals surface area contributed by atoms with Crippen molar-refractivity contribution in [3.05, 3.63) is 46.0 Å². The van der Waals surface area contributed by atoms with E-state index < -0.39 is 23.2 Å². The lowest BCUT2D eigenvalue weighted by molar-refractivity contribution is -0.504. The lowest BCUT2D eigenvalue weighted by atomic mass is 9.84. The Labute approximate surface area is 114 Å². The van der Waals surface area contributed by atoms with E-state index in [0.29, 0.717) is 12.8 Å². The Hall–Kier alpha value is -1.63. The van der Waals surface area contributed by atoms with Gasteiger partial charge in [0.15, 0.2) is 0 Å². The molecule has 0 saturated heterocycles. The van der Waals surface area contributed by atoms with Gasteiger partial charge in [0, 0.05) is 11.0 Å². The molecule has 2 rings (SSSR count). The predicted molar refractivity (Wildman–Crippen MR) is 66.8 cm³/mol. The second-order valence-corrected chi connectivity index (χ2v) is 5.03. The zero-order valence-electron chi connectivity index (χ0n) is 10.7.